The zero-order valence-corrected chi connectivity index (χ0v) is 17.1. The van der Waals surface area contributed by atoms with E-state index in [1.165, 1.54) is 0 Å². The molecule has 7 heteroatoms. The monoisotopic (exact) mass is 413 g/mol. The van der Waals surface area contributed by atoms with Crippen LogP contribution in [0.15, 0.2) is 51.6 Å². The molecular weight excluding hydrogens is 390 g/mol. The summed E-state index contributed by atoms with van der Waals surface area (Å²) in [5, 5.41) is 7.68. The largest absolute Gasteiger partial charge is 0.468 e. The van der Waals surface area contributed by atoms with E-state index in [1.54, 1.807) is 19.3 Å². The van der Waals surface area contributed by atoms with Crippen LogP contribution in [-0.4, -0.2) is 35.6 Å². The van der Waals surface area contributed by atoms with Crippen molar-refractivity contribution in [2.24, 2.45) is 5.92 Å². The van der Waals surface area contributed by atoms with Gasteiger partial charge in [0, 0.05) is 12.1 Å². The van der Waals surface area contributed by atoms with Gasteiger partial charge in [-0.25, -0.2) is 0 Å². The quantitative estimate of drug-likeness (QED) is 0.642. The van der Waals surface area contributed by atoms with Crippen LogP contribution in [0.5, 0.6) is 0 Å². The van der Waals surface area contributed by atoms with E-state index >= 15 is 0 Å². The van der Waals surface area contributed by atoms with E-state index in [2.05, 4.69) is 15.4 Å². The molecular formula is C22H24ClN3O3. The molecule has 1 aromatic carbocycles. The minimum absolute atomic E-state index is 0.170. The van der Waals surface area contributed by atoms with Gasteiger partial charge in [-0.3, -0.25) is 9.69 Å². The molecule has 1 fully saturated rings. The highest BCUT2D eigenvalue weighted by molar-refractivity contribution is 6.33. The molecule has 29 heavy (non-hydrogen) atoms. The molecule has 0 atom stereocenters. The third-order valence-electron chi connectivity index (χ3n) is 5.44. The summed E-state index contributed by atoms with van der Waals surface area (Å²) in [4.78, 5) is 15.3. The van der Waals surface area contributed by atoms with Gasteiger partial charge in [-0.2, -0.15) is 0 Å². The normalized spacial score (nSPS) is 15.5. The predicted octanol–water partition coefficient (Wildman–Crippen LogP) is 4.54. The van der Waals surface area contributed by atoms with Crippen molar-refractivity contribution in [2.45, 2.75) is 26.3 Å². The number of halogens is 1. The number of benzene rings is 1. The number of furan rings is 1. The van der Waals surface area contributed by atoms with E-state index in [-0.39, 0.29) is 5.91 Å². The molecule has 3 aromatic rings. The standard InChI is InChI=1S/C22H24ClN3O3/c1-15-20(21(25-29-15)18-6-2-3-7-19(18)23)22(27)24-13-16-8-10-26(11-9-16)14-17-5-4-12-28-17/h2-7,12,16H,8-11,13-14H2,1H3,(H,24,27). The van der Waals surface area contributed by atoms with Crippen molar-refractivity contribution in [1.82, 2.24) is 15.4 Å². The number of hydrogen-bond donors (Lipinski definition) is 1. The first kappa shape index (κ1) is 19.7. The molecule has 6 nitrogen and oxygen atoms in total. The number of carbonyl (C=O) groups is 1. The lowest BCUT2D eigenvalue weighted by molar-refractivity contribution is 0.0933. The van der Waals surface area contributed by atoms with Crippen LogP contribution in [0.4, 0.5) is 0 Å². The van der Waals surface area contributed by atoms with Crippen LogP contribution >= 0.6 is 11.6 Å². The van der Waals surface area contributed by atoms with Crippen molar-refractivity contribution >= 4 is 17.5 Å². The third-order valence-corrected chi connectivity index (χ3v) is 5.77. The molecule has 0 bridgehead atoms. The van der Waals surface area contributed by atoms with Crippen LogP contribution in [0.1, 0.15) is 34.7 Å². The lowest BCUT2D eigenvalue weighted by Crippen LogP contribution is -2.38. The van der Waals surface area contributed by atoms with E-state index in [1.807, 2.05) is 30.3 Å². The van der Waals surface area contributed by atoms with Gasteiger partial charge in [0.05, 0.1) is 17.8 Å². The average molecular weight is 414 g/mol. The van der Waals surface area contributed by atoms with Crippen molar-refractivity contribution in [3.63, 3.8) is 0 Å². The van der Waals surface area contributed by atoms with Gasteiger partial charge in [0.25, 0.3) is 5.91 Å². The van der Waals surface area contributed by atoms with Crippen molar-refractivity contribution in [3.05, 3.63) is 64.8 Å². The van der Waals surface area contributed by atoms with Crippen LogP contribution in [0, 0.1) is 12.8 Å². The third kappa shape index (κ3) is 4.54. The van der Waals surface area contributed by atoms with Gasteiger partial charge < -0.3 is 14.3 Å². The SMILES string of the molecule is Cc1onc(-c2ccccc2Cl)c1C(=O)NCC1CCN(Cc2ccco2)CC1. The van der Waals surface area contributed by atoms with E-state index < -0.39 is 0 Å². The second-order valence-electron chi connectivity index (χ2n) is 7.45. The molecule has 1 N–H and O–H groups in total. The topological polar surface area (TPSA) is 71.5 Å². The van der Waals surface area contributed by atoms with Crippen molar-refractivity contribution in [1.29, 1.82) is 0 Å². The summed E-state index contributed by atoms with van der Waals surface area (Å²) in [5.74, 6) is 1.77. The molecule has 3 heterocycles. The Hall–Kier alpha value is -2.57. The highest BCUT2D eigenvalue weighted by Gasteiger charge is 2.25. The number of nitrogens with zero attached hydrogens (tertiary/aromatic N) is 2. The molecule has 0 saturated carbocycles. The molecule has 152 valence electrons. The maximum Gasteiger partial charge on any atom is 0.257 e. The lowest BCUT2D eigenvalue weighted by atomic mass is 9.96. The van der Waals surface area contributed by atoms with Crippen LogP contribution in [0.3, 0.4) is 0 Å². The Labute approximate surface area is 174 Å². The van der Waals surface area contributed by atoms with Gasteiger partial charge in [0.1, 0.15) is 22.8 Å². The Morgan fingerprint density at radius 1 is 1.24 bits per heavy atom. The smallest absolute Gasteiger partial charge is 0.257 e. The molecule has 0 aliphatic carbocycles. The first-order chi connectivity index (χ1) is 14.1. The lowest BCUT2D eigenvalue weighted by Gasteiger charge is -2.31. The molecule has 0 spiro atoms. The first-order valence-corrected chi connectivity index (χ1v) is 10.2. The number of aryl methyl sites for hydroxylation is 1. The molecule has 1 aliphatic rings. The summed E-state index contributed by atoms with van der Waals surface area (Å²) >= 11 is 6.28. The highest BCUT2D eigenvalue weighted by atomic mass is 35.5. The number of aromatic nitrogens is 1. The minimum Gasteiger partial charge on any atom is -0.468 e. The Kier molecular flexibility index (Phi) is 6.02. The number of rotatable bonds is 6. The van der Waals surface area contributed by atoms with Crippen LogP contribution in [0.2, 0.25) is 5.02 Å². The minimum atomic E-state index is -0.170. The average Bonchev–Trinajstić information content (AvgIpc) is 3.37. The Morgan fingerprint density at radius 2 is 2.03 bits per heavy atom. The fraction of sp³-hybridized carbons (Fsp3) is 0.364. The van der Waals surface area contributed by atoms with E-state index in [0.29, 0.717) is 40.1 Å². The molecule has 1 amide bonds. The molecule has 0 unspecified atom stereocenters. The van der Waals surface area contributed by atoms with Crippen LogP contribution in [0.25, 0.3) is 11.3 Å². The Morgan fingerprint density at radius 3 is 2.76 bits per heavy atom. The van der Waals surface area contributed by atoms with Crippen molar-refractivity contribution in [2.75, 3.05) is 19.6 Å². The summed E-state index contributed by atoms with van der Waals surface area (Å²) in [5.41, 5.74) is 1.63. The van der Waals surface area contributed by atoms with Gasteiger partial charge in [0.15, 0.2) is 0 Å². The van der Waals surface area contributed by atoms with Gasteiger partial charge in [0.2, 0.25) is 0 Å². The Bertz CT molecular complexity index is 960. The van der Waals surface area contributed by atoms with E-state index in [4.69, 9.17) is 20.5 Å². The molecule has 1 saturated heterocycles. The van der Waals surface area contributed by atoms with Gasteiger partial charge in [-0.1, -0.05) is 35.0 Å². The zero-order chi connectivity index (χ0) is 20.2. The van der Waals surface area contributed by atoms with Crippen molar-refractivity contribution < 1.29 is 13.7 Å². The second kappa shape index (κ2) is 8.84. The van der Waals surface area contributed by atoms with Gasteiger partial charge in [-0.05, 0) is 57.0 Å². The summed E-state index contributed by atoms with van der Waals surface area (Å²) in [6.45, 7) is 5.22. The molecule has 2 aromatic heterocycles. The van der Waals surface area contributed by atoms with Gasteiger partial charge in [-0.15, -0.1) is 0 Å². The van der Waals surface area contributed by atoms with Crippen LogP contribution < -0.4 is 5.32 Å². The first-order valence-electron chi connectivity index (χ1n) is 9.86. The fourth-order valence-corrected chi connectivity index (χ4v) is 4.00. The number of hydrogen-bond acceptors (Lipinski definition) is 5. The maximum absolute atomic E-state index is 12.9. The van der Waals surface area contributed by atoms with Gasteiger partial charge >= 0.3 is 0 Å². The second-order valence-corrected chi connectivity index (χ2v) is 7.86. The number of carbonyl (C=O) groups excluding carboxylic acids is 1. The number of piperidine rings is 1. The maximum atomic E-state index is 12.9. The predicted molar refractivity (Wildman–Crippen MR) is 111 cm³/mol. The van der Waals surface area contributed by atoms with E-state index in [9.17, 15) is 4.79 Å². The summed E-state index contributed by atoms with van der Waals surface area (Å²) in [6, 6.07) is 11.2. The summed E-state index contributed by atoms with van der Waals surface area (Å²) in [6.07, 6.45) is 3.79. The number of amides is 1. The number of likely N-dealkylation sites (tertiary alicyclic amines) is 1. The molecule has 1 aliphatic heterocycles. The molecule has 4 rings (SSSR count). The number of nitrogens with one attached hydrogen (secondary N) is 1. The fourth-order valence-electron chi connectivity index (χ4n) is 3.77. The Balaban J connectivity index is 1.34. The highest BCUT2D eigenvalue weighted by Crippen LogP contribution is 2.31. The molecule has 0 radical (unpaired) electrons. The van der Waals surface area contributed by atoms with Crippen molar-refractivity contribution in [3.8, 4) is 11.3 Å². The summed E-state index contributed by atoms with van der Waals surface area (Å²) in [7, 11) is 0. The van der Waals surface area contributed by atoms with E-state index in [0.717, 1.165) is 38.2 Å². The zero-order valence-electron chi connectivity index (χ0n) is 16.4. The van der Waals surface area contributed by atoms with Crippen LogP contribution in [-0.2, 0) is 6.54 Å². The summed E-state index contributed by atoms with van der Waals surface area (Å²) < 4.78 is 10.7.